The van der Waals surface area contributed by atoms with Crippen molar-refractivity contribution in [3.63, 3.8) is 0 Å². The van der Waals surface area contributed by atoms with Gasteiger partial charge in [-0.25, -0.2) is 15.0 Å². The summed E-state index contributed by atoms with van der Waals surface area (Å²) < 4.78 is 0. The summed E-state index contributed by atoms with van der Waals surface area (Å²) in [6.45, 7) is 9.75. The van der Waals surface area contributed by atoms with Gasteiger partial charge in [0.1, 0.15) is 22.6 Å². The number of fused-ring (bicyclic) bond motifs is 1. The van der Waals surface area contributed by atoms with Gasteiger partial charge < -0.3 is 9.80 Å². The second-order valence-electron chi connectivity index (χ2n) is 6.84. The summed E-state index contributed by atoms with van der Waals surface area (Å²) in [6.07, 6.45) is 0. The predicted molar refractivity (Wildman–Crippen MR) is 107 cm³/mol. The van der Waals surface area contributed by atoms with Crippen molar-refractivity contribution >= 4 is 34.1 Å². The van der Waals surface area contributed by atoms with E-state index in [0.29, 0.717) is 11.0 Å². The number of hydrogen-bond acceptors (Lipinski definition) is 5. The molecular weight excluding hydrogens is 346 g/mol. The Hall–Kier alpha value is -2.40. The Morgan fingerprint density at radius 2 is 1.46 bits per heavy atom. The lowest BCUT2D eigenvalue weighted by molar-refractivity contribution is 0.640. The fourth-order valence-electron chi connectivity index (χ4n) is 3.55. The van der Waals surface area contributed by atoms with Gasteiger partial charge >= 0.3 is 0 Å². The summed E-state index contributed by atoms with van der Waals surface area (Å²) in [5.74, 6) is 2.67. The third-order valence-corrected chi connectivity index (χ3v) is 5.15. The minimum atomic E-state index is 0.497. The average molecular weight is 368 g/mol. The van der Waals surface area contributed by atoms with Crippen LogP contribution < -0.4 is 9.80 Å². The Morgan fingerprint density at radius 1 is 0.808 bits per heavy atom. The Kier molecular flexibility index (Phi) is 4.41. The molecular formula is C20H22ClN5. The van der Waals surface area contributed by atoms with Gasteiger partial charge in [-0.15, -0.1) is 0 Å². The first-order chi connectivity index (χ1) is 12.5. The Labute approximate surface area is 158 Å². The molecule has 3 heterocycles. The van der Waals surface area contributed by atoms with Crippen LogP contribution in [0.25, 0.3) is 10.9 Å². The molecule has 0 bridgehead atoms. The fraction of sp³-hybridized carbons (Fsp3) is 0.350. The van der Waals surface area contributed by atoms with Crippen LogP contribution in [0.1, 0.15) is 17.0 Å². The molecule has 3 aromatic rings. The fourth-order valence-corrected chi connectivity index (χ4v) is 3.77. The number of benzene rings is 1. The summed E-state index contributed by atoms with van der Waals surface area (Å²) in [7, 11) is 0. The van der Waals surface area contributed by atoms with Crippen molar-refractivity contribution in [1.29, 1.82) is 0 Å². The first kappa shape index (κ1) is 17.0. The molecule has 0 radical (unpaired) electrons. The van der Waals surface area contributed by atoms with Gasteiger partial charge in [-0.1, -0.05) is 29.8 Å². The molecule has 134 valence electrons. The molecule has 1 saturated heterocycles. The molecule has 26 heavy (non-hydrogen) atoms. The third kappa shape index (κ3) is 3.19. The lowest BCUT2D eigenvalue weighted by atomic mass is 10.1. The van der Waals surface area contributed by atoms with Gasteiger partial charge in [0, 0.05) is 37.6 Å². The topological polar surface area (TPSA) is 45.2 Å². The molecule has 5 nitrogen and oxygen atoms in total. The third-order valence-electron chi connectivity index (χ3n) is 4.96. The monoisotopic (exact) mass is 367 g/mol. The van der Waals surface area contributed by atoms with Crippen LogP contribution in [0, 0.1) is 20.8 Å². The Bertz CT molecular complexity index is 944. The van der Waals surface area contributed by atoms with Crippen LogP contribution in [-0.2, 0) is 0 Å². The second kappa shape index (κ2) is 6.72. The molecule has 0 atom stereocenters. The number of anilines is 2. The maximum absolute atomic E-state index is 6.08. The average Bonchev–Trinajstić information content (AvgIpc) is 2.62. The molecule has 0 saturated carbocycles. The van der Waals surface area contributed by atoms with Crippen LogP contribution in [0.5, 0.6) is 0 Å². The minimum Gasteiger partial charge on any atom is -0.353 e. The van der Waals surface area contributed by atoms with Crippen molar-refractivity contribution in [2.24, 2.45) is 0 Å². The van der Waals surface area contributed by atoms with Gasteiger partial charge in [0.2, 0.25) is 0 Å². The lowest BCUT2D eigenvalue weighted by Crippen LogP contribution is -2.47. The van der Waals surface area contributed by atoms with Crippen molar-refractivity contribution in [3.05, 3.63) is 52.4 Å². The van der Waals surface area contributed by atoms with Gasteiger partial charge in [0.15, 0.2) is 0 Å². The number of hydrogen-bond donors (Lipinski definition) is 0. The van der Waals surface area contributed by atoms with Crippen LogP contribution in [0.3, 0.4) is 0 Å². The number of aryl methyl sites for hydroxylation is 3. The maximum Gasteiger partial charge on any atom is 0.134 e. The predicted octanol–water partition coefficient (Wildman–Crippen LogP) is 3.93. The van der Waals surface area contributed by atoms with E-state index in [1.54, 1.807) is 0 Å². The number of aromatic nitrogens is 3. The standard InChI is InChI=1S/C20H22ClN5/c1-13-5-4-6-16-14(2)11-18(24-20(13)16)25-7-9-26(10-8-25)19-12-17(21)22-15(3)23-19/h4-6,11-12H,7-10H2,1-3H3. The molecule has 1 fully saturated rings. The Balaban J connectivity index is 1.56. The first-order valence-electron chi connectivity index (χ1n) is 8.89. The Morgan fingerprint density at radius 3 is 2.12 bits per heavy atom. The first-order valence-corrected chi connectivity index (χ1v) is 9.27. The molecule has 2 aromatic heterocycles. The largest absolute Gasteiger partial charge is 0.353 e. The van der Waals surface area contributed by atoms with Gasteiger partial charge in [-0.3, -0.25) is 0 Å². The van der Waals surface area contributed by atoms with Gasteiger partial charge in [0.25, 0.3) is 0 Å². The molecule has 0 N–H and O–H groups in total. The summed E-state index contributed by atoms with van der Waals surface area (Å²) in [5, 5.41) is 1.73. The van der Waals surface area contributed by atoms with Gasteiger partial charge in [-0.05, 0) is 38.0 Å². The summed E-state index contributed by atoms with van der Waals surface area (Å²) in [4.78, 5) is 18.2. The lowest BCUT2D eigenvalue weighted by Gasteiger charge is -2.36. The maximum atomic E-state index is 6.08. The number of para-hydroxylation sites is 1. The van der Waals surface area contributed by atoms with Crippen LogP contribution in [0.15, 0.2) is 30.3 Å². The highest BCUT2D eigenvalue weighted by Gasteiger charge is 2.20. The van der Waals surface area contributed by atoms with E-state index in [2.05, 4.69) is 57.9 Å². The summed E-state index contributed by atoms with van der Waals surface area (Å²) >= 11 is 6.08. The molecule has 4 rings (SSSR count). The van der Waals surface area contributed by atoms with Crippen molar-refractivity contribution in [1.82, 2.24) is 15.0 Å². The van der Waals surface area contributed by atoms with Crippen molar-refractivity contribution in [3.8, 4) is 0 Å². The zero-order valence-corrected chi connectivity index (χ0v) is 16.1. The molecule has 0 spiro atoms. The quantitative estimate of drug-likeness (QED) is 0.642. The normalized spacial score (nSPS) is 14.9. The van der Waals surface area contributed by atoms with E-state index >= 15 is 0 Å². The molecule has 0 aliphatic carbocycles. The van der Waals surface area contributed by atoms with Crippen molar-refractivity contribution < 1.29 is 0 Å². The minimum absolute atomic E-state index is 0.497. The van der Waals surface area contributed by atoms with Crippen LogP contribution in [-0.4, -0.2) is 41.1 Å². The van der Waals surface area contributed by atoms with E-state index in [1.807, 2.05) is 13.0 Å². The van der Waals surface area contributed by atoms with E-state index in [-0.39, 0.29) is 0 Å². The molecule has 1 aromatic carbocycles. The highest BCUT2D eigenvalue weighted by Crippen LogP contribution is 2.26. The number of piperazine rings is 1. The molecule has 0 unspecified atom stereocenters. The van der Waals surface area contributed by atoms with Crippen molar-refractivity contribution in [2.45, 2.75) is 20.8 Å². The zero-order chi connectivity index (χ0) is 18.3. The number of rotatable bonds is 2. The number of halogens is 1. The second-order valence-corrected chi connectivity index (χ2v) is 7.23. The molecule has 0 amide bonds. The van der Waals surface area contributed by atoms with Gasteiger partial charge in [0.05, 0.1) is 5.52 Å². The van der Waals surface area contributed by atoms with E-state index in [1.165, 1.54) is 16.5 Å². The summed E-state index contributed by atoms with van der Waals surface area (Å²) in [6, 6.07) is 10.4. The molecule has 1 aliphatic heterocycles. The van der Waals surface area contributed by atoms with E-state index in [0.717, 1.165) is 43.3 Å². The highest BCUT2D eigenvalue weighted by molar-refractivity contribution is 6.29. The van der Waals surface area contributed by atoms with E-state index in [4.69, 9.17) is 16.6 Å². The summed E-state index contributed by atoms with van der Waals surface area (Å²) in [5.41, 5.74) is 3.59. The molecule has 6 heteroatoms. The zero-order valence-electron chi connectivity index (χ0n) is 15.3. The van der Waals surface area contributed by atoms with Crippen LogP contribution in [0.4, 0.5) is 11.6 Å². The van der Waals surface area contributed by atoms with E-state index in [9.17, 15) is 0 Å². The van der Waals surface area contributed by atoms with Crippen LogP contribution in [0.2, 0.25) is 5.15 Å². The number of nitrogens with zero attached hydrogens (tertiary/aromatic N) is 5. The SMILES string of the molecule is Cc1nc(Cl)cc(N2CCN(c3cc(C)c4cccc(C)c4n3)CC2)n1. The number of pyridine rings is 1. The van der Waals surface area contributed by atoms with E-state index < -0.39 is 0 Å². The highest BCUT2D eigenvalue weighted by atomic mass is 35.5. The van der Waals surface area contributed by atoms with Crippen molar-refractivity contribution in [2.75, 3.05) is 36.0 Å². The van der Waals surface area contributed by atoms with Gasteiger partial charge in [-0.2, -0.15) is 0 Å². The van der Waals surface area contributed by atoms with Crippen LogP contribution >= 0.6 is 11.6 Å². The smallest absolute Gasteiger partial charge is 0.134 e. The molecule has 1 aliphatic rings.